The topological polar surface area (TPSA) is 67.8 Å². The minimum atomic E-state index is -0.109. The minimum Gasteiger partial charge on any atom is -0.486 e. The first-order chi connectivity index (χ1) is 16.1. The molecule has 2 aromatic carbocycles. The third kappa shape index (κ3) is 4.53. The summed E-state index contributed by atoms with van der Waals surface area (Å²) in [5.41, 5.74) is 3.61. The Morgan fingerprint density at radius 2 is 1.73 bits per heavy atom. The molecule has 0 bridgehead atoms. The van der Waals surface area contributed by atoms with Crippen molar-refractivity contribution in [3.05, 3.63) is 66.5 Å². The van der Waals surface area contributed by atoms with Crippen molar-refractivity contribution in [1.29, 1.82) is 0 Å². The Balaban J connectivity index is 1.49. The molecule has 1 aliphatic rings. The van der Waals surface area contributed by atoms with E-state index in [2.05, 4.69) is 16.0 Å². The van der Waals surface area contributed by atoms with Crippen molar-refractivity contribution in [1.82, 2.24) is 14.9 Å². The van der Waals surface area contributed by atoms with Crippen LogP contribution in [0.5, 0.6) is 11.5 Å². The van der Waals surface area contributed by atoms with Gasteiger partial charge in [-0.05, 0) is 67.7 Å². The standard InChI is InChI=1S/C25H24N4O3S/c1-28(2)11-12-29(24(30)19-4-6-21-22(15-19)32-14-13-31-21)25-27-20-5-3-18(16-23(20)33-25)17-7-9-26-10-8-17/h3-10,15-16H,11-14H2,1-2H3. The number of nitrogens with zero attached hydrogens (tertiary/aromatic N) is 4. The van der Waals surface area contributed by atoms with Crippen LogP contribution in [0.15, 0.2) is 60.9 Å². The van der Waals surface area contributed by atoms with Gasteiger partial charge in [0.2, 0.25) is 0 Å². The van der Waals surface area contributed by atoms with Gasteiger partial charge in [0.05, 0.1) is 10.2 Å². The molecule has 4 aromatic rings. The van der Waals surface area contributed by atoms with Crippen molar-refractivity contribution in [2.45, 2.75) is 0 Å². The van der Waals surface area contributed by atoms with Gasteiger partial charge in [0.15, 0.2) is 16.6 Å². The fourth-order valence-corrected chi connectivity index (χ4v) is 4.70. The third-order valence-electron chi connectivity index (χ3n) is 5.43. The molecule has 1 amide bonds. The van der Waals surface area contributed by atoms with Gasteiger partial charge in [0.25, 0.3) is 5.91 Å². The van der Waals surface area contributed by atoms with Crippen LogP contribution in [-0.4, -0.2) is 61.2 Å². The second-order valence-corrected chi connectivity index (χ2v) is 9.04. The molecule has 5 rings (SSSR count). The Bertz CT molecular complexity index is 1290. The molecule has 0 unspecified atom stereocenters. The lowest BCUT2D eigenvalue weighted by molar-refractivity contribution is 0.0984. The van der Waals surface area contributed by atoms with Crippen molar-refractivity contribution in [3.8, 4) is 22.6 Å². The highest BCUT2D eigenvalue weighted by atomic mass is 32.1. The van der Waals surface area contributed by atoms with Gasteiger partial charge in [-0.15, -0.1) is 0 Å². The highest BCUT2D eigenvalue weighted by molar-refractivity contribution is 7.22. The van der Waals surface area contributed by atoms with Gasteiger partial charge < -0.3 is 14.4 Å². The van der Waals surface area contributed by atoms with Gasteiger partial charge in [-0.25, -0.2) is 4.98 Å². The van der Waals surface area contributed by atoms with Crippen LogP contribution in [0.2, 0.25) is 0 Å². The van der Waals surface area contributed by atoms with E-state index in [-0.39, 0.29) is 5.91 Å². The monoisotopic (exact) mass is 460 g/mol. The number of thiazole rings is 1. The Kier molecular flexibility index (Phi) is 5.93. The zero-order valence-corrected chi connectivity index (χ0v) is 19.3. The number of hydrogen-bond donors (Lipinski definition) is 0. The molecule has 0 aliphatic carbocycles. The molecule has 7 nitrogen and oxygen atoms in total. The SMILES string of the molecule is CN(C)CCN(C(=O)c1ccc2c(c1)OCCO2)c1nc2ccc(-c3ccncc3)cc2s1. The number of ether oxygens (including phenoxy) is 2. The number of pyridine rings is 1. The molecule has 33 heavy (non-hydrogen) atoms. The molecule has 2 aromatic heterocycles. The Morgan fingerprint density at radius 3 is 2.52 bits per heavy atom. The number of benzene rings is 2. The lowest BCUT2D eigenvalue weighted by Crippen LogP contribution is -2.36. The molecule has 168 valence electrons. The van der Waals surface area contributed by atoms with Crippen LogP contribution in [0.3, 0.4) is 0 Å². The van der Waals surface area contributed by atoms with Crippen molar-refractivity contribution in [2.24, 2.45) is 0 Å². The summed E-state index contributed by atoms with van der Waals surface area (Å²) in [4.78, 5) is 26.3. The lowest BCUT2D eigenvalue weighted by atomic mass is 10.1. The summed E-state index contributed by atoms with van der Waals surface area (Å²) in [5, 5.41) is 0.679. The summed E-state index contributed by atoms with van der Waals surface area (Å²) in [6, 6.07) is 15.5. The summed E-state index contributed by atoms with van der Waals surface area (Å²) in [7, 11) is 3.98. The molecular formula is C25H24N4O3S. The average Bonchev–Trinajstić information content (AvgIpc) is 3.27. The van der Waals surface area contributed by atoms with E-state index < -0.39 is 0 Å². The average molecular weight is 461 g/mol. The normalized spacial score (nSPS) is 12.8. The molecule has 0 atom stereocenters. The summed E-state index contributed by atoms with van der Waals surface area (Å²) in [5.74, 6) is 1.16. The first-order valence-electron chi connectivity index (χ1n) is 10.8. The van der Waals surface area contributed by atoms with Crippen LogP contribution in [0.25, 0.3) is 21.3 Å². The van der Waals surface area contributed by atoms with E-state index in [0.29, 0.717) is 48.5 Å². The van der Waals surface area contributed by atoms with E-state index >= 15 is 0 Å². The predicted molar refractivity (Wildman–Crippen MR) is 131 cm³/mol. The third-order valence-corrected chi connectivity index (χ3v) is 6.47. The zero-order chi connectivity index (χ0) is 22.8. The minimum absolute atomic E-state index is 0.109. The first-order valence-corrected chi connectivity index (χ1v) is 11.6. The van der Waals surface area contributed by atoms with Crippen LogP contribution in [-0.2, 0) is 0 Å². The van der Waals surface area contributed by atoms with Gasteiger partial charge in [-0.3, -0.25) is 14.7 Å². The fraction of sp³-hybridized carbons (Fsp3) is 0.240. The largest absolute Gasteiger partial charge is 0.486 e. The second kappa shape index (κ2) is 9.17. The lowest BCUT2D eigenvalue weighted by Gasteiger charge is -2.23. The summed E-state index contributed by atoms with van der Waals surface area (Å²) >= 11 is 1.52. The van der Waals surface area contributed by atoms with Gasteiger partial charge in [0.1, 0.15) is 13.2 Å². The van der Waals surface area contributed by atoms with Crippen LogP contribution in [0, 0.1) is 0 Å². The van der Waals surface area contributed by atoms with Gasteiger partial charge in [-0.2, -0.15) is 0 Å². The van der Waals surface area contributed by atoms with Gasteiger partial charge in [-0.1, -0.05) is 17.4 Å². The van der Waals surface area contributed by atoms with Crippen LogP contribution >= 0.6 is 11.3 Å². The first kappa shape index (κ1) is 21.4. The number of likely N-dealkylation sites (N-methyl/N-ethyl adjacent to an activating group) is 1. The van der Waals surface area contributed by atoms with Crippen LogP contribution < -0.4 is 14.4 Å². The number of amides is 1. The number of aromatic nitrogens is 2. The van der Waals surface area contributed by atoms with E-state index in [1.54, 1.807) is 35.5 Å². The Hall–Kier alpha value is -3.49. The zero-order valence-electron chi connectivity index (χ0n) is 18.5. The molecule has 0 spiro atoms. The molecule has 8 heteroatoms. The fourth-order valence-electron chi connectivity index (χ4n) is 3.67. The molecule has 0 fully saturated rings. The maximum atomic E-state index is 13.6. The number of hydrogen-bond acceptors (Lipinski definition) is 7. The number of fused-ring (bicyclic) bond motifs is 2. The smallest absolute Gasteiger partial charge is 0.260 e. The molecular weight excluding hydrogens is 436 g/mol. The maximum absolute atomic E-state index is 13.6. The van der Waals surface area contributed by atoms with E-state index in [9.17, 15) is 4.79 Å². The predicted octanol–water partition coefficient (Wildman–Crippen LogP) is 4.34. The van der Waals surface area contributed by atoms with E-state index in [1.165, 1.54) is 11.3 Å². The van der Waals surface area contributed by atoms with E-state index in [0.717, 1.165) is 21.3 Å². The quantitative estimate of drug-likeness (QED) is 0.427. The van der Waals surface area contributed by atoms with Gasteiger partial charge in [0, 0.05) is 31.0 Å². The molecule has 0 N–H and O–H groups in total. The Labute approximate surface area is 196 Å². The summed E-state index contributed by atoms with van der Waals surface area (Å²) in [6.07, 6.45) is 3.57. The second-order valence-electron chi connectivity index (χ2n) is 8.03. The van der Waals surface area contributed by atoms with E-state index in [1.807, 2.05) is 38.4 Å². The molecule has 1 aliphatic heterocycles. The molecule has 3 heterocycles. The van der Waals surface area contributed by atoms with Crippen LogP contribution in [0.1, 0.15) is 10.4 Å². The van der Waals surface area contributed by atoms with Crippen molar-refractivity contribution < 1.29 is 14.3 Å². The summed E-state index contributed by atoms with van der Waals surface area (Å²) in [6.45, 7) is 2.24. The van der Waals surface area contributed by atoms with Crippen molar-refractivity contribution >= 4 is 32.6 Å². The highest BCUT2D eigenvalue weighted by Gasteiger charge is 2.23. The van der Waals surface area contributed by atoms with E-state index in [4.69, 9.17) is 14.5 Å². The number of anilines is 1. The van der Waals surface area contributed by atoms with Gasteiger partial charge >= 0.3 is 0 Å². The van der Waals surface area contributed by atoms with Crippen LogP contribution in [0.4, 0.5) is 5.13 Å². The summed E-state index contributed by atoms with van der Waals surface area (Å²) < 4.78 is 12.3. The van der Waals surface area contributed by atoms with Crippen molar-refractivity contribution in [3.63, 3.8) is 0 Å². The highest BCUT2D eigenvalue weighted by Crippen LogP contribution is 2.35. The Morgan fingerprint density at radius 1 is 0.939 bits per heavy atom. The number of carbonyl (C=O) groups is 1. The number of rotatable bonds is 6. The van der Waals surface area contributed by atoms with Crippen molar-refractivity contribution in [2.75, 3.05) is 45.3 Å². The maximum Gasteiger partial charge on any atom is 0.260 e. The molecule has 0 saturated heterocycles. The molecule has 0 radical (unpaired) electrons. The number of carbonyl (C=O) groups excluding carboxylic acids is 1. The molecule has 0 saturated carbocycles.